The predicted molar refractivity (Wildman–Crippen MR) is 48.9 cm³/mol. The molecule has 0 aliphatic heterocycles. The van der Waals surface area contributed by atoms with Gasteiger partial charge in [0.2, 0.25) is 0 Å². The average molecular weight is 262 g/mol. The Morgan fingerprint density at radius 1 is 1.12 bits per heavy atom. The van der Waals surface area contributed by atoms with Crippen molar-refractivity contribution in [2.24, 2.45) is 5.92 Å². The zero-order valence-electron chi connectivity index (χ0n) is 8.36. The van der Waals surface area contributed by atoms with Crippen LogP contribution in [0.5, 0.6) is 0 Å². The van der Waals surface area contributed by atoms with Crippen LogP contribution >= 0.6 is 0 Å². The summed E-state index contributed by atoms with van der Waals surface area (Å²) in [7, 11) is 0. The van der Waals surface area contributed by atoms with E-state index in [4.69, 9.17) is 14.0 Å². The van der Waals surface area contributed by atoms with E-state index in [-0.39, 0.29) is 17.1 Å². The van der Waals surface area contributed by atoms with Crippen LogP contribution in [0.25, 0.3) is 0 Å². The molecule has 1 unspecified atom stereocenters. The fourth-order valence-corrected chi connectivity index (χ4v) is 0.930. The minimum absolute atomic E-state index is 0. The maximum Gasteiger partial charge on any atom is 0 e. The number of carbonyl (C=O) groups excluding carboxylic acids is 1. The number of aldehydes is 1. The van der Waals surface area contributed by atoms with Crippen molar-refractivity contribution < 1.29 is 35.8 Å². The third-order valence-corrected chi connectivity index (χ3v) is 1.47. The van der Waals surface area contributed by atoms with E-state index < -0.39 is 0 Å². The smallest absolute Gasteiger partial charge is 0 e. The standard InChI is InChI=1S/C8H10O.3CO.Fe/c9-7-6-8-4-2-1-3-5-8;3*1-2;/h1-4,7-8H,5-6H2;;;;. The second kappa shape index (κ2) is 29.2. The van der Waals surface area contributed by atoms with Crippen molar-refractivity contribution in [3.63, 3.8) is 0 Å². The van der Waals surface area contributed by atoms with Crippen molar-refractivity contribution in [2.75, 3.05) is 0 Å². The number of carbonyl (C=O) groups is 1. The molecule has 1 atom stereocenters. The molecular weight excluding hydrogens is 252 g/mol. The van der Waals surface area contributed by atoms with Gasteiger partial charge in [-0.15, -0.1) is 0 Å². The second-order valence-electron chi connectivity index (χ2n) is 2.21. The Kier molecular flexibility index (Phi) is 44.2. The second-order valence-corrected chi connectivity index (χ2v) is 2.21. The molecule has 0 aromatic carbocycles. The molecule has 0 heterocycles. The van der Waals surface area contributed by atoms with Gasteiger partial charge >= 0.3 is 33.9 Å². The Labute approximate surface area is 105 Å². The van der Waals surface area contributed by atoms with Gasteiger partial charge in [0.05, 0.1) is 0 Å². The first-order valence-corrected chi connectivity index (χ1v) is 3.81. The Morgan fingerprint density at radius 3 is 1.94 bits per heavy atom. The molecule has 0 aromatic heterocycles. The molecule has 86 valence electrons. The molecule has 0 N–H and O–H groups in total. The predicted octanol–water partition coefficient (Wildman–Crippen LogP) is 1.59. The van der Waals surface area contributed by atoms with Gasteiger partial charge in [0.1, 0.15) is 6.29 Å². The van der Waals surface area contributed by atoms with E-state index in [9.17, 15) is 4.79 Å². The summed E-state index contributed by atoms with van der Waals surface area (Å²) in [6, 6.07) is 0. The molecule has 0 saturated heterocycles. The molecule has 0 fully saturated rings. The Hall–Kier alpha value is -1.11. The zero-order chi connectivity index (χ0) is 12.5. The van der Waals surface area contributed by atoms with Crippen LogP contribution in [0.4, 0.5) is 0 Å². The number of hydrogen-bond donors (Lipinski definition) is 0. The van der Waals surface area contributed by atoms with Crippen LogP contribution < -0.4 is 0 Å². The van der Waals surface area contributed by atoms with Crippen LogP contribution in [0.15, 0.2) is 24.3 Å². The maximum atomic E-state index is 10.0. The third-order valence-electron chi connectivity index (χ3n) is 1.47. The minimum atomic E-state index is 0. The summed E-state index contributed by atoms with van der Waals surface area (Å²) in [6.45, 7) is 13.5. The van der Waals surface area contributed by atoms with Crippen molar-refractivity contribution in [3.05, 3.63) is 44.3 Å². The molecule has 0 bridgehead atoms. The normalized spacial score (nSPS) is 14.0. The van der Waals surface area contributed by atoms with Gasteiger partial charge in [-0.25, -0.2) is 0 Å². The largest absolute Gasteiger partial charge is 0 e. The van der Waals surface area contributed by atoms with Gasteiger partial charge in [-0.2, -0.15) is 0 Å². The van der Waals surface area contributed by atoms with Crippen LogP contribution in [-0.4, -0.2) is 6.29 Å². The van der Waals surface area contributed by atoms with Crippen molar-refractivity contribution in [1.29, 1.82) is 0 Å². The minimum Gasteiger partial charge on any atom is 0 e. The van der Waals surface area contributed by atoms with Crippen molar-refractivity contribution in [3.8, 4) is 0 Å². The topological polar surface area (TPSA) is 76.8 Å². The van der Waals surface area contributed by atoms with Gasteiger partial charge in [-0.05, 0) is 12.3 Å². The first kappa shape index (κ1) is 24.2. The van der Waals surface area contributed by atoms with Crippen molar-refractivity contribution in [1.82, 2.24) is 0 Å². The van der Waals surface area contributed by atoms with E-state index in [0.717, 1.165) is 12.7 Å². The van der Waals surface area contributed by atoms with Gasteiger partial charge in [0, 0.05) is 23.5 Å². The number of rotatable bonds is 2. The molecule has 16 heavy (non-hydrogen) atoms. The summed E-state index contributed by atoms with van der Waals surface area (Å²) in [6.07, 6.45) is 10.9. The molecule has 0 spiro atoms. The number of hydrogen-bond acceptors (Lipinski definition) is 1. The first-order chi connectivity index (χ1) is 7.43. The van der Waals surface area contributed by atoms with E-state index in [0.29, 0.717) is 12.3 Å². The summed E-state index contributed by atoms with van der Waals surface area (Å²) in [5, 5.41) is 0. The molecule has 0 amide bonds. The summed E-state index contributed by atoms with van der Waals surface area (Å²) in [5.41, 5.74) is 0. The van der Waals surface area contributed by atoms with Crippen molar-refractivity contribution >= 4 is 6.29 Å². The maximum absolute atomic E-state index is 10.0. The van der Waals surface area contributed by atoms with E-state index in [1.807, 2.05) is 12.2 Å². The van der Waals surface area contributed by atoms with Crippen LogP contribution in [0.1, 0.15) is 12.8 Å². The van der Waals surface area contributed by atoms with Gasteiger partial charge in [-0.3, -0.25) is 0 Å². The molecule has 0 aromatic rings. The van der Waals surface area contributed by atoms with Crippen LogP contribution in [0.2, 0.25) is 0 Å². The summed E-state index contributed by atoms with van der Waals surface area (Å²) < 4.78 is 22.5. The summed E-state index contributed by atoms with van der Waals surface area (Å²) >= 11 is 0. The molecular formula is C11H10FeO4. The van der Waals surface area contributed by atoms with Crippen molar-refractivity contribution in [2.45, 2.75) is 12.8 Å². The summed E-state index contributed by atoms with van der Waals surface area (Å²) in [4.78, 5) is 10.0. The molecule has 5 heteroatoms. The van der Waals surface area contributed by atoms with Gasteiger partial charge in [-0.1, -0.05) is 24.3 Å². The zero-order valence-corrected chi connectivity index (χ0v) is 9.47. The number of allylic oxidation sites excluding steroid dienone is 4. The fraction of sp³-hybridized carbons (Fsp3) is 0.273. The monoisotopic (exact) mass is 262 g/mol. The molecule has 1 aliphatic carbocycles. The third kappa shape index (κ3) is 18.6. The van der Waals surface area contributed by atoms with Gasteiger partial charge in [0.15, 0.2) is 0 Å². The Bertz CT molecular complexity index is 234. The van der Waals surface area contributed by atoms with Gasteiger partial charge < -0.3 is 4.79 Å². The quantitative estimate of drug-likeness (QED) is 0.322. The molecule has 4 nitrogen and oxygen atoms in total. The SMILES string of the molecule is O=CCC1C=CC=CC1.[C-]#[O+].[C-]#[O+].[C-]#[O+].[Fe]. The summed E-state index contributed by atoms with van der Waals surface area (Å²) in [5.74, 6) is 0.465. The molecule has 1 aliphatic rings. The van der Waals surface area contributed by atoms with E-state index >= 15 is 0 Å². The van der Waals surface area contributed by atoms with E-state index in [1.54, 1.807) is 0 Å². The van der Waals surface area contributed by atoms with Crippen LogP contribution in [-0.2, 0) is 35.8 Å². The molecule has 1 rings (SSSR count). The molecule has 0 saturated carbocycles. The van der Waals surface area contributed by atoms with Gasteiger partial charge in [0.25, 0.3) is 0 Å². The first-order valence-electron chi connectivity index (χ1n) is 3.81. The van der Waals surface area contributed by atoms with Crippen LogP contribution in [0.3, 0.4) is 0 Å². The Balaban J connectivity index is -0.0000000900. The average Bonchev–Trinajstić information content (AvgIpc) is 2.38. The Morgan fingerprint density at radius 2 is 1.62 bits per heavy atom. The van der Waals surface area contributed by atoms with Crippen LogP contribution in [0, 0.1) is 25.9 Å². The van der Waals surface area contributed by atoms with E-state index in [1.165, 1.54) is 0 Å². The van der Waals surface area contributed by atoms with E-state index in [2.05, 4.69) is 32.1 Å². The molecule has 0 radical (unpaired) electrons. The fourth-order valence-electron chi connectivity index (χ4n) is 0.930.